The number of unbranched alkanes of at least 4 members (excludes halogenated alkanes) is 1. The maximum atomic E-state index is 13.2. The summed E-state index contributed by atoms with van der Waals surface area (Å²) in [5, 5.41) is 8.40. The average molecular weight is 473 g/mol. The van der Waals surface area contributed by atoms with Gasteiger partial charge in [-0.15, -0.1) is 0 Å². The lowest BCUT2D eigenvalue weighted by molar-refractivity contribution is -0.139. The van der Waals surface area contributed by atoms with Gasteiger partial charge in [-0.05, 0) is 43.5 Å². The largest absolute Gasteiger partial charge is 0.333 e. The normalized spacial score (nSPS) is 14.8. The summed E-state index contributed by atoms with van der Waals surface area (Å²) >= 11 is 6.06. The Bertz CT molecular complexity index is 940. The summed E-state index contributed by atoms with van der Waals surface area (Å²) in [7, 11) is 0. The van der Waals surface area contributed by atoms with E-state index in [1.165, 1.54) is 6.42 Å². The van der Waals surface area contributed by atoms with Crippen LogP contribution in [0.15, 0.2) is 30.3 Å². The lowest BCUT2D eigenvalue weighted by Gasteiger charge is -2.29. The third-order valence-corrected chi connectivity index (χ3v) is 6.45. The number of hydrogen-bond acceptors (Lipinski definition) is 3. The number of carbonyl (C=O) groups is 2. The predicted octanol–water partition coefficient (Wildman–Crippen LogP) is 5.97. The van der Waals surface area contributed by atoms with Crippen molar-refractivity contribution in [2.24, 2.45) is 5.92 Å². The van der Waals surface area contributed by atoms with Crippen LogP contribution >= 0.6 is 11.6 Å². The van der Waals surface area contributed by atoms with E-state index in [9.17, 15) is 9.59 Å². The van der Waals surface area contributed by atoms with Crippen molar-refractivity contribution in [2.75, 3.05) is 18.4 Å². The molecule has 180 valence electrons. The van der Waals surface area contributed by atoms with E-state index in [1.807, 2.05) is 18.2 Å². The van der Waals surface area contributed by atoms with E-state index in [0.29, 0.717) is 17.4 Å². The molecular weight excluding hydrogens is 436 g/mol. The zero-order chi connectivity index (χ0) is 24.0. The van der Waals surface area contributed by atoms with Gasteiger partial charge in [-0.3, -0.25) is 9.59 Å². The highest BCUT2D eigenvalue weighted by Gasteiger charge is 2.28. The van der Waals surface area contributed by atoms with Crippen molar-refractivity contribution >= 4 is 29.2 Å². The summed E-state index contributed by atoms with van der Waals surface area (Å²) in [4.78, 5) is 28.0. The van der Waals surface area contributed by atoms with Crippen LogP contribution in [0.1, 0.15) is 78.3 Å². The van der Waals surface area contributed by atoms with Crippen molar-refractivity contribution in [1.29, 1.82) is 0 Å². The van der Waals surface area contributed by atoms with Crippen LogP contribution in [-0.4, -0.2) is 39.6 Å². The Morgan fingerprint density at radius 1 is 1.15 bits per heavy atom. The lowest BCUT2D eigenvalue weighted by Crippen LogP contribution is -2.42. The van der Waals surface area contributed by atoms with Gasteiger partial charge in [0.15, 0.2) is 0 Å². The van der Waals surface area contributed by atoms with E-state index >= 15 is 0 Å². The highest BCUT2D eigenvalue weighted by molar-refractivity contribution is 6.30. The van der Waals surface area contributed by atoms with E-state index in [-0.39, 0.29) is 29.7 Å². The zero-order valence-electron chi connectivity index (χ0n) is 20.4. The molecular formula is C26H37ClN4O2. The summed E-state index contributed by atoms with van der Waals surface area (Å²) in [6.07, 6.45) is 7.13. The van der Waals surface area contributed by atoms with E-state index in [1.54, 1.807) is 21.7 Å². The number of hydrogen-bond donors (Lipinski definition) is 1. The molecule has 0 radical (unpaired) electrons. The monoisotopic (exact) mass is 472 g/mol. The summed E-state index contributed by atoms with van der Waals surface area (Å²) in [5.74, 6) is 0.564. The molecule has 2 aromatic rings. The molecule has 1 saturated carbocycles. The first-order valence-corrected chi connectivity index (χ1v) is 12.5. The number of rotatable bonds is 8. The van der Waals surface area contributed by atoms with Gasteiger partial charge in [0.05, 0.1) is 17.9 Å². The van der Waals surface area contributed by atoms with E-state index in [2.05, 4.69) is 33.0 Å². The van der Waals surface area contributed by atoms with Gasteiger partial charge in [0.25, 0.3) is 0 Å². The van der Waals surface area contributed by atoms with Gasteiger partial charge in [-0.2, -0.15) is 5.10 Å². The maximum absolute atomic E-state index is 13.2. The molecule has 0 atom stereocenters. The van der Waals surface area contributed by atoms with Crippen molar-refractivity contribution in [2.45, 2.75) is 78.1 Å². The first kappa shape index (κ1) is 25.3. The first-order chi connectivity index (χ1) is 15.7. The van der Waals surface area contributed by atoms with Crippen LogP contribution in [0, 0.1) is 5.92 Å². The van der Waals surface area contributed by atoms with Crippen molar-refractivity contribution in [3.63, 3.8) is 0 Å². The lowest BCUT2D eigenvalue weighted by atomic mass is 9.88. The molecule has 1 aliphatic carbocycles. The highest BCUT2D eigenvalue weighted by atomic mass is 35.5. The van der Waals surface area contributed by atoms with Gasteiger partial charge in [0.2, 0.25) is 11.8 Å². The number of nitrogens with zero attached hydrogens (tertiary/aromatic N) is 3. The quantitative estimate of drug-likeness (QED) is 0.514. The molecule has 1 aromatic carbocycles. The second kappa shape index (κ2) is 11.2. The van der Waals surface area contributed by atoms with Crippen LogP contribution in [0.25, 0.3) is 5.69 Å². The Morgan fingerprint density at radius 3 is 2.42 bits per heavy atom. The molecule has 1 N–H and O–H groups in total. The molecule has 6 nitrogen and oxygen atoms in total. The highest BCUT2D eigenvalue weighted by Crippen LogP contribution is 2.28. The molecule has 33 heavy (non-hydrogen) atoms. The minimum atomic E-state index is -0.203. The Morgan fingerprint density at radius 2 is 1.82 bits per heavy atom. The Kier molecular flexibility index (Phi) is 8.57. The number of benzene rings is 1. The van der Waals surface area contributed by atoms with Gasteiger partial charge >= 0.3 is 0 Å². The topological polar surface area (TPSA) is 67.2 Å². The summed E-state index contributed by atoms with van der Waals surface area (Å²) in [5.41, 5.74) is 1.50. The molecule has 2 amide bonds. The fraction of sp³-hybridized carbons (Fsp3) is 0.577. The van der Waals surface area contributed by atoms with Crippen LogP contribution in [0.3, 0.4) is 0 Å². The number of anilines is 1. The summed E-state index contributed by atoms with van der Waals surface area (Å²) in [6.45, 7) is 9.03. The summed E-state index contributed by atoms with van der Waals surface area (Å²) in [6, 6.07) is 9.26. The van der Waals surface area contributed by atoms with Crippen molar-refractivity contribution in [1.82, 2.24) is 14.7 Å². The van der Waals surface area contributed by atoms with Gasteiger partial charge < -0.3 is 10.2 Å². The molecule has 0 unspecified atom stereocenters. The van der Waals surface area contributed by atoms with E-state index < -0.39 is 0 Å². The predicted molar refractivity (Wildman–Crippen MR) is 134 cm³/mol. The molecule has 1 aliphatic rings. The Hall–Kier alpha value is -2.34. The fourth-order valence-corrected chi connectivity index (χ4v) is 4.32. The minimum absolute atomic E-state index is 0.0514. The van der Waals surface area contributed by atoms with Crippen LogP contribution in [0.2, 0.25) is 5.02 Å². The number of halogens is 1. The standard InChI is InChI=1S/C26H37ClN4O2/c1-5-6-16-30(25(33)19-10-8-7-9-11-19)18-24(32)28-23-17-22(26(2,3)4)29-31(23)21-14-12-20(27)13-15-21/h12-15,17,19H,5-11,16,18H2,1-4H3,(H,28,32). The molecule has 0 bridgehead atoms. The van der Waals surface area contributed by atoms with Gasteiger partial charge in [-0.1, -0.05) is 65.0 Å². The summed E-state index contributed by atoms with van der Waals surface area (Å²) < 4.78 is 1.73. The number of nitrogens with one attached hydrogen (secondary N) is 1. The van der Waals surface area contributed by atoms with Gasteiger partial charge in [-0.25, -0.2) is 4.68 Å². The fourth-order valence-electron chi connectivity index (χ4n) is 4.20. The SMILES string of the molecule is CCCCN(CC(=O)Nc1cc(C(C)(C)C)nn1-c1ccc(Cl)cc1)C(=O)C1CCCCC1. The van der Waals surface area contributed by atoms with Crippen LogP contribution in [-0.2, 0) is 15.0 Å². The van der Waals surface area contributed by atoms with Crippen LogP contribution < -0.4 is 5.32 Å². The van der Waals surface area contributed by atoms with Crippen LogP contribution in [0.4, 0.5) is 5.82 Å². The zero-order valence-corrected chi connectivity index (χ0v) is 21.1. The molecule has 1 fully saturated rings. The molecule has 1 aromatic heterocycles. The molecule has 3 rings (SSSR count). The van der Waals surface area contributed by atoms with E-state index in [4.69, 9.17) is 16.7 Å². The maximum Gasteiger partial charge on any atom is 0.245 e. The Balaban J connectivity index is 1.80. The van der Waals surface area contributed by atoms with Gasteiger partial charge in [0.1, 0.15) is 5.82 Å². The number of carbonyl (C=O) groups excluding carboxylic acids is 2. The third-order valence-electron chi connectivity index (χ3n) is 6.20. The van der Waals surface area contributed by atoms with Crippen LogP contribution in [0.5, 0.6) is 0 Å². The Labute approximate surface area is 202 Å². The number of aromatic nitrogens is 2. The second-order valence-corrected chi connectivity index (χ2v) is 10.5. The molecule has 0 aliphatic heterocycles. The minimum Gasteiger partial charge on any atom is -0.333 e. The smallest absolute Gasteiger partial charge is 0.245 e. The average Bonchev–Trinajstić information content (AvgIpc) is 3.21. The third kappa shape index (κ3) is 6.83. The molecule has 1 heterocycles. The molecule has 7 heteroatoms. The van der Waals surface area contributed by atoms with Crippen molar-refractivity contribution in [3.8, 4) is 5.69 Å². The van der Waals surface area contributed by atoms with E-state index in [0.717, 1.165) is 49.9 Å². The van der Waals surface area contributed by atoms with Crippen molar-refractivity contribution < 1.29 is 9.59 Å². The molecule has 0 saturated heterocycles. The number of amides is 2. The molecule has 0 spiro atoms. The first-order valence-electron chi connectivity index (χ1n) is 12.1. The van der Waals surface area contributed by atoms with Crippen molar-refractivity contribution in [3.05, 3.63) is 41.0 Å². The van der Waals surface area contributed by atoms with Gasteiger partial charge in [0, 0.05) is 29.0 Å². The second-order valence-electron chi connectivity index (χ2n) is 10.0.